The van der Waals surface area contributed by atoms with Gasteiger partial charge in [-0.15, -0.1) is 0 Å². The van der Waals surface area contributed by atoms with Crippen LogP contribution >= 0.6 is 0 Å². The number of carbonyl (C=O) groups excluding carboxylic acids is 1. The lowest BCUT2D eigenvalue weighted by atomic mass is 9.50. The Bertz CT molecular complexity index is 1720. The Hall–Kier alpha value is -3.63. The van der Waals surface area contributed by atoms with E-state index in [1.807, 2.05) is 45.2 Å². The van der Waals surface area contributed by atoms with Crippen LogP contribution < -0.4 is 19.1 Å². The van der Waals surface area contributed by atoms with Gasteiger partial charge in [0.1, 0.15) is 11.5 Å². The maximum absolute atomic E-state index is 13.2. The van der Waals surface area contributed by atoms with Crippen LogP contribution in [0.2, 0.25) is 0 Å². The van der Waals surface area contributed by atoms with Gasteiger partial charge < -0.3 is 14.4 Å². The van der Waals surface area contributed by atoms with Crippen molar-refractivity contribution in [1.82, 2.24) is 14.6 Å². The van der Waals surface area contributed by atoms with Crippen molar-refractivity contribution < 1.29 is 22.7 Å². The van der Waals surface area contributed by atoms with Gasteiger partial charge in [0.05, 0.1) is 24.7 Å². The zero-order valence-electron chi connectivity index (χ0n) is 29.1. The third-order valence-corrected chi connectivity index (χ3v) is 12.4. The summed E-state index contributed by atoms with van der Waals surface area (Å²) in [6, 6.07) is 15.8. The van der Waals surface area contributed by atoms with Crippen molar-refractivity contribution >= 4 is 21.6 Å². The van der Waals surface area contributed by atoms with E-state index in [1.54, 1.807) is 18.3 Å². The number of piperazine rings is 1. The highest BCUT2D eigenvalue weighted by Crippen LogP contribution is 2.60. The van der Waals surface area contributed by atoms with E-state index in [4.69, 9.17) is 9.47 Å². The van der Waals surface area contributed by atoms with E-state index in [0.29, 0.717) is 29.9 Å². The molecule has 2 heterocycles. The van der Waals surface area contributed by atoms with Crippen molar-refractivity contribution in [1.29, 1.82) is 0 Å². The summed E-state index contributed by atoms with van der Waals surface area (Å²) in [5.74, 6) is 3.13. The van der Waals surface area contributed by atoms with E-state index in [0.717, 1.165) is 80.3 Å². The van der Waals surface area contributed by atoms with Crippen molar-refractivity contribution in [2.45, 2.75) is 71.9 Å². The lowest BCUT2D eigenvalue weighted by molar-refractivity contribution is -0.0391. The van der Waals surface area contributed by atoms with Gasteiger partial charge >= 0.3 is 0 Å². The van der Waals surface area contributed by atoms with Crippen LogP contribution in [0, 0.1) is 23.2 Å². The van der Waals surface area contributed by atoms with Crippen molar-refractivity contribution in [3.05, 3.63) is 72.1 Å². The van der Waals surface area contributed by atoms with Gasteiger partial charge in [-0.3, -0.25) is 14.7 Å². The Balaban J connectivity index is 0.947. The topological polar surface area (TPSA) is 101 Å². The molecule has 0 radical (unpaired) electrons. The molecule has 262 valence electrons. The molecule has 1 aliphatic heterocycles. The first kappa shape index (κ1) is 33.8. The van der Waals surface area contributed by atoms with Crippen LogP contribution in [0.15, 0.2) is 60.9 Å². The zero-order valence-corrected chi connectivity index (χ0v) is 29.9. The Morgan fingerprint density at radius 2 is 1.55 bits per heavy atom. The molecule has 4 saturated carbocycles. The van der Waals surface area contributed by atoms with Crippen molar-refractivity contribution in [2.24, 2.45) is 23.2 Å². The van der Waals surface area contributed by atoms with E-state index in [2.05, 4.69) is 37.7 Å². The first-order chi connectivity index (χ1) is 23.5. The zero-order chi connectivity index (χ0) is 34.2. The van der Waals surface area contributed by atoms with Crippen molar-refractivity contribution in [2.75, 3.05) is 43.4 Å². The molecule has 1 amide bonds. The molecule has 2 aromatic carbocycles. The molecule has 9 nitrogen and oxygen atoms in total. The van der Waals surface area contributed by atoms with Crippen LogP contribution in [-0.4, -0.2) is 68.9 Å². The molecule has 0 spiro atoms. The summed E-state index contributed by atoms with van der Waals surface area (Å²) >= 11 is 0. The van der Waals surface area contributed by atoms with E-state index < -0.39 is 15.9 Å². The van der Waals surface area contributed by atoms with E-state index in [1.165, 1.54) is 24.8 Å². The van der Waals surface area contributed by atoms with Gasteiger partial charge in [-0.1, -0.05) is 0 Å². The summed E-state index contributed by atoms with van der Waals surface area (Å²) in [5, 5.41) is 0. The number of hydrogen-bond donors (Lipinski definition) is 1. The maximum Gasteiger partial charge on any atom is 0.264 e. The fraction of sp³-hybridized carbons (Fsp3) is 0.538. The molecule has 49 heavy (non-hydrogen) atoms. The Kier molecular flexibility index (Phi) is 9.63. The van der Waals surface area contributed by atoms with Crippen LogP contribution in [0.25, 0.3) is 11.1 Å². The summed E-state index contributed by atoms with van der Waals surface area (Å²) in [5.41, 5.74) is 4.47. The summed E-state index contributed by atoms with van der Waals surface area (Å²) in [6.07, 6.45) is 10.4. The SMILES string of the molecule is CCOc1cncc(-c2cc(CN3CCN(c4ccc(C(=O)NS(=O)(=O)CC56CC7CC(CC(C7)C5)C6)cc4)CC3)cc(OC(C)C)c2)c1. The first-order valence-corrected chi connectivity index (χ1v) is 19.7. The number of ether oxygens (including phenoxy) is 2. The first-order valence-electron chi connectivity index (χ1n) is 18.0. The fourth-order valence-electron chi connectivity index (χ4n) is 9.43. The maximum atomic E-state index is 13.2. The number of amides is 1. The highest BCUT2D eigenvalue weighted by Gasteiger charge is 2.52. The molecule has 4 aliphatic carbocycles. The quantitative estimate of drug-likeness (QED) is 0.230. The highest BCUT2D eigenvalue weighted by atomic mass is 32.2. The normalized spacial score (nSPS) is 25.1. The number of rotatable bonds is 12. The van der Waals surface area contributed by atoms with Gasteiger partial charge in [0.15, 0.2) is 0 Å². The molecule has 3 aromatic rings. The van der Waals surface area contributed by atoms with Gasteiger partial charge in [-0.05, 0) is 142 Å². The standard InChI is InChI=1S/C39H50N4O5S/c1-4-47-37-19-34(23-40-24-37)33-16-31(17-36(18-33)48-27(2)3)25-42-9-11-43(12-10-42)35-7-5-32(6-8-35)38(44)41-49(45,46)26-39-20-28-13-29(21-39)15-30(14-28)22-39/h5-8,16-19,23-24,27-30H,4,9-15,20-22,25-26H2,1-3H3,(H,41,44). The van der Waals surface area contributed by atoms with Gasteiger partial charge in [-0.25, -0.2) is 13.1 Å². The highest BCUT2D eigenvalue weighted by molar-refractivity contribution is 7.90. The fourth-order valence-corrected chi connectivity index (χ4v) is 11.1. The largest absolute Gasteiger partial charge is 0.492 e. The number of nitrogens with one attached hydrogen (secondary N) is 1. The van der Waals surface area contributed by atoms with Crippen LogP contribution in [0.4, 0.5) is 5.69 Å². The number of sulfonamides is 1. The van der Waals surface area contributed by atoms with Gasteiger partial charge in [0.25, 0.3) is 5.91 Å². The van der Waals surface area contributed by atoms with Crippen molar-refractivity contribution in [3.63, 3.8) is 0 Å². The van der Waals surface area contributed by atoms with Crippen LogP contribution in [-0.2, 0) is 16.6 Å². The number of carbonyl (C=O) groups is 1. The predicted octanol–water partition coefficient (Wildman–Crippen LogP) is 6.53. The lowest BCUT2D eigenvalue weighted by Crippen LogP contribution is -2.51. The number of anilines is 1. The molecule has 10 heteroatoms. The lowest BCUT2D eigenvalue weighted by Gasteiger charge is -2.56. The molecule has 4 bridgehead atoms. The number of hydrogen-bond acceptors (Lipinski definition) is 8. The minimum Gasteiger partial charge on any atom is -0.492 e. The smallest absolute Gasteiger partial charge is 0.264 e. The Morgan fingerprint density at radius 3 is 2.18 bits per heavy atom. The molecule has 0 atom stereocenters. The predicted molar refractivity (Wildman–Crippen MR) is 192 cm³/mol. The molecule has 5 fully saturated rings. The second-order valence-corrected chi connectivity index (χ2v) is 17.0. The second-order valence-electron chi connectivity index (χ2n) is 15.3. The number of benzene rings is 2. The number of pyridine rings is 1. The second kappa shape index (κ2) is 13.9. The molecule has 1 aromatic heterocycles. The number of aromatic nitrogens is 1. The van der Waals surface area contributed by atoms with Crippen LogP contribution in [0.3, 0.4) is 0 Å². The molecular weight excluding hydrogens is 637 g/mol. The van der Waals surface area contributed by atoms with Crippen molar-refractivity contribution in [3.8, 4) is 22.6 Å². The summed E-state index contributed by atoms with van der Waals surface area (Å²) < 4.78 is 40.6. The number of nitrogens with zero attached hydrogens (tertiary/aromatic N) is 3. The third-order valence-electron chi connectivity index (χ3n) is 10.9. The molecule has 1 N–H and O–H groups in total. The monoisotopic (exact) mass is 686 g/mol. The summed E-state index contributed by atoms with van der Waals surface area (Å²) in [7, 11) is -3.72. The average molecular weight is 687 g/mol. The summed E-state index contributed by atoms with van der Waals surface area (Å²) in [6.45, 7) is 10.9. The van der Waals surface area contributed by atoms with E-state index in [9.17, 15) is 13.2 Å². The van der Waals surface area contributed by atoms with Gasteiger partial charge in [0, 0.05) is 55.7 Å². The average Bonchev–Trinajstić information content (AvgIpc) is 3.04. The molecule has 0 unspecified atom stereocenters. The van der Waals surface area contributed by atoms with Gasteiger partial charge in [-0.2, -0.15) is 0 Å². The summed E-state index contributed by atoms with van der Waals surface area (Å²) in [4.78, 5) is 22.2. The van der Waals surface area contributed by atoms with Crippen LogP contribution in [0.1, 0.15) is 75.2 Å². The van der Waals surface area contributed by atoms with E-state index in [-0.39, 0.29) is 17.3 Å². The minimum absolute atomic E-state index is 0.0628. The molecular formula is C39H50N4O5S. The minimum atomic E-state index is -3.72. The molecule has 8 rings (SSSR count). The Morgan fingerprint density at radius 1 is 0.898 bits per heavy atom. The Labute approximate surface area is 291 Å². The van der Waals surface area contributed by atoms with Crippen LogP contribution in [0.5, 0.6) is 11.5 Å². The molecule has 1 saturated heterocycles. The van der Waals surface area contributed by atoms with E-state index >= 15 is 0 Å². The third kappa shape index (κ3) is 8.07. The molecule has 5 aliphatic rings. The van der Waals surface area contributed by atoms with Gasteiger partial charge in [0.2, 0.25) is 10.0 Å².